The third kappa shape index (κ3) is 3.87. The van der Waals surface area contributed by atoms with E-state index in [1.165, 1.54) is 11.3 Å². The van der Waals surface area contributed by atoms with Crippen molar-refractivity contribution in [1.29, 1.82) is 0 Å². The second kappa shape index (κ2) is 6.29. The van der Waals surface area contributed by atoms with Crippen LogP contribution in [0.1, 0.15) is 4.88 Å². The number of rotatable bonds is 7. The smallest absolute Gasteiger partial charge is 0.250 e. The lowest BCUT2D eigenvalue weighted by Crippen LogP contribution is -2.26. The highest BCUT2D eigenvalue weighted by Crippen LogP contribution is 2.21. The molecule has 2 aromatic heterocycles. The van der Waals surface area contributed by atoms with Crippen molar-refractivity contribution in [2.45, 2.75) is 17.2 Å². The Morgan fingerprint density at radius 1 is 1.42 bits per heavy atom. The predicted octanol–water partition coefficient (Wildman–Crippen LogP) is 0.424. The molecule has 3 N–H and O–H groups in total. The van der Waals surface area contributed by atoms with Gasteiger partial charge in [-0.1, -0.05) is 0 Å². The van der Waals surface area contributed by atoms with Crippen molar-refractivity contribution >= 4 is 21.4 Å². The zero-order chi connectivity index (χ0) is 13.7. The second-order valence-electron chi connectivity index (χ2n) is 3.96. The minimum atomic E-state index is -3.42. The molecule has 0 aliphatic rings. The second-order valence-corrected chi connectivity index (χ2v) is 7.12. The summed E-state index contributed by atoms with van der Waals surface area (Å²) in [5.74, 6) is 0. The zero-order valence-corrected chi connectivity index (χ0v) is 12.0. The van der Waals surface area contributed by atoms with Crippen LogP contribution in [-0.2, 0) is 23.0 Å². The number of imidazole rings is 1. The molecular formula is C11H16N4O2S2. The average molecular weight is 300 g/mol. The van der Waals surface area contributed by atoms with E-state index < -0.39 is 10.0 Å². The molecule has 0 aromatic carbocycles. The number of hydrogen-bond acceptors (Lipinski definition) is 5. The summed E-state index contributed by atoms with van der Waals surface area (Å²) in [6.45, 7) is 1.41. The van der Waals surface area contributed by atoms with Gasteiger partial charge >= 0.3 is 0 Å². The minimum absolute atomic E-state index is 0.335. The zero-order valence-electron chi connectivity index (χ0n) is 10.3. The number of nitrogens with one attached hydrogen (secondary N) is 1. The van der Waals surface area contributed by atoms with Crippen LogP contribution in [0.3, 0.4) is 0 Å². The Balaban J connectivity index is 1.93. The summed E-state index contributed by atoms with van der Waals surface area (Å²) in [7, 11) is -3.42. The molecule has 6 nitrogen and oxygen atoms in total. The van der Waals surface area contributed by atoms with E-state index in [-0.39, 0.29) is 0 Å². The third-order valence-corrected chi connectivity index (χ3v) is 5.61. The van der Waals surface area contributed by atoms with Crippen LogP contribution in [-0.4, -0.2) is 31.1 Å². The summed E-state index contributed by atoms with van der Waals surface area (Å²) in [4.78, 5) is 4.88. The lowest BCUT2D eigenvalue weighted by atomic mass is 10.3. The fraction of sp³-hybridized carbons (Fsp3) is 0.364. The van der Waals surface area contributed by atoms with E-state index in [4.69, 9.17) is 5.73 Å². The Labute approximate surface area is 116 Å². The summed E-state index contributed by atoms with van der Waals surface area (Å²) < 4.78 is 28.8. The van der Waals surface area contributed by atoms with Crippen LogP contribution in [0.5, 0.6) is 0 Å². The van der Waals surface area contributed by atoms with E-state index in [0.717, 1.165) is 4.88 Å². The van der Waals surface area contributed by atoms with Gasteiger partial charge in [0.25, 0.3) is 0 Å². The topological polar surface area (TPSA) is 90.0 Å². The first-order chi connectivity index (χ1) is 9.12. The lowest BCUT2D eigenvalue weighted by Gasteiger charge is -2.05. The molecule has 0 radical (unpaired) electrons. The molecule has 0 atom stereocenters. The average Bonchev–Trinajstić information content (AvgIpc) is 3.00. The molecule has 0 saturated carbocycles. The summed E-state index contributed by atoms with van der Waals surface area (Å²) in [6.07, 6.45) is 5.81. The molecule has 2 rings (SSSR count). The van der Waals surface area contributed by atoms with Gasteiger partial charge in [-0.3, -0.25) is 0 Å². The number of thiophene rings is 1. The maximum absolute atomic E-state index is 12.0. The molecule has 0 bridgehead atoms. The highest BCUT2D eigenvalue weighted by Gasteiger charge is 2.15. The van der Waals surface area contributed by atoms with Gasteiger partial charge in [-0.15, -0.1) is 11.3 Å². The standard InChI is InChI=1S/C11H16N4O2S2/c12-4-3-10-1-2-11(18-10)19(16,17)14-6-8-15-7-5-13-9-15/h1-2,5,7,9,14H,3-4,6,8,12H2. The molecule has 19 heavy (non-hydrogen) atoms. The van der Waals surface area contributed by atoms with Crippen molar-refractivity contribution in [3.63, 3.8) is 0 Å². The van der Waals surface area contributed by atoms with Gasteiger partial charge < -0.3 is 10.3 Å². The summed E-state index contributed by atoms with van der Waals surface area (Å²) in [5, 5.41) is 0. The van der Waals surface area contributed by atoms with Gasteiger partial charge in [0.2, 0.25) is 10.0 Å². The van der Waals surface area contributed by atoms with Crippen molar-refractivity contribution in [2.75, 3.05) is 13.1 Å². The molecule has 0 amide bonds. The Morgan fingerprint density at radius 2 is 2.26 bits per heavy atom. The number of sulfonamides is 1. The van der Waals surface area contributed by atoms with Gasteiger partial charge in [0.1, 0.15) is 4.21 Å². The Hall–Kier alpha value is -1.22. The van der Waals surface area contributed by atoms with E-state index in [0.29, 0.717) is 30.3 Å². The molecule has 0 spiro atoms. The molecule has 0 aliphatic heterocycles. The van der Waals surface area contributed by atoms with Crippen molar-refractivity contribution in [3.8, 4) is 0 Å². The molecule has 0 fully saturated rings. The summed E-state index contributed by atoms with van der Waals surface area (Å²) in [6, 6.07) is 3.43. The number of nitrogens with two attached hydrogens (primary N) is 1. The number of nitrogens with zero attached hydrogens (tertiary/aromatic N) is 2. The molecule has 0 unspecified atom stereocenters. The number of hydrogen-bond donors (Lipinski definition) is 2. The van der Waals surface area contributed by atoms with Gasteiger partial charge in [0.05, 0.1) is 6.33 Å². The van der Waals surface area contributed by atoms with Crippen LogP contribution >= 0.6 is 11.3 Å². The van der Waals surface area contributed by atoms with E-state index in [1.807, 2.05) is 10.6 Å². The Bertz CT molecular complexity index is 604. The van der Waals surface area contributed by atoms with Crippen molar-refractivity contribution in [2.24, 2.45) is 5.73 Å². The summed E-state index contributed by atoms with van der Waals surface area (Å²) in [5.41, 5.74) is 5.45. The van der Waals surface area contributed by atoms with Crippen LogP contribution in [0.4, 0.5) is 0 Å². The van der Waals surface area contributed by atoms with E-state index in [1.54, 1.807) is 24.8 Å². The predicted molar refractivity (Wildman–Crippen MR) is 74.5 cm³/mol. The van der Waals surface area contributed by atoms with Crippen LogP contribution < -0.4 is 10.5 Å². The van der Waals surface area contributed by atoms with Crippen LogP contribution in [0.15, 0.2) is 35.1 Å². The summed E-state index contributed by atoms with van der Waals surface area (Å²) >= 11 is 1.26. The van der Waals surface area contributed by atoms with E-state index >= 15 is 0 Å². The first kappa shape index (κ1) is 14.2. The van der Waals surface area contributed by atoms with Crippen molar-refractivity contribution < 1.29 is 8.42 Å². The van der Waals surface area contributed by atoms with Crippen LogP contribution in [0.2, 0.25) is 0 Å². The quantitative estimate of drug-likeness (QED) is 0.775. The van der Waals surface area contributed by atoms with E-state index in [2.05, 4.69) is 9.71 Å². The third-order valence-electron chi connectivity index (χ3n) is 2.51. The largest absolute Gasteiger partial charge is 0.336 e. The minimum Gasteiger partial charge on any atom is -0.336 e. The molecule has 0 aliphatic carbocycles. The first-order valence-electron chi connectivity index (χ1n) is 5.86. The molecule has 8 heteroatoms. The molecular weight excluding hydrogens is 284 g/mol. The van der Waals surface area contributed by atoms with Crippen molar-refractivity contribution in [1.82, 2.24) is 14.3 Å². The highest BCUT2D eigenvalue weighted by atomic mass is 32.2. The normalized spacial score (nSPS) is 11.8. The molecule has 104 valence electrons. The van der Waals surface area contributed by atoms with Gasteiger partial charge in [0, 0.05) is 30.4 Å². The van der Waals surface area contributed by atoms with Gasteiger partial charge in [-0.2, -0.15) is 0 Å². The van der Waals surface area contributed by atoms with Crippen LogP contribution in [0, 0.1) is 0 Å². The van der Waals surface area contributed by atoms with E-state index in [9.17, 15) is 8.42 Å². The lowest BCUT2D eigenvalue weighted by molar-refractivity contribution is 0.575. The SMILES string of the molecule is NCCc1ccc(S(=O)(=O)NCCn2ccnc2)s1. The first-order valence-corrected chi connectivity index (χ1v) is 8.16. The van der Waals surface area contributed by atoms with Crippen molar-refractivity contribution in [3.05, 3.63) is 35.7 Å². The van der Waals surface area contributed by atoms with Gasteiger partial charge in [-0.25, -0.2) is 18.1 Å². The van der Waals surface area contributed by atoms with Crippen LogP contribution in [0.25, 0.3) is 0 Å². The highest BCUT2D eigenvalue weighted by molar-refractivity contribution is 7.91. The Kier molecular flexibility index (Phi) is 4.70. The van der Waals surface area contributed by atoms with Gasteiger partial charge in [-0.05, 0) is 25.1 Å². The maximum atomic E-state index is 12.0. The molecule has 2 heterocycles. The fourth-order valence-electron chi connectivity index (χ4n) is 1.58. The Morgan fingerprint density at radius 3 is 2.95 bits per heavy atom. The number of aromatic nitrogens is 2. The molecule has 0 saturated heterocycles. The maximum Gasteiger partial charge on any atom is 0.250 e. The monoisotopic (exact) mass is 300 g/mol. The van der Waals surface area contributed by atoms with Gasteiger partial charge in [0.15, 0.2) is 0 Å². The fourth-order valence-corrected chi connectivity index (χ4v) is 4.02. The molecule has 2 aromatic rings.